The van der Waals surface area contributed by atoms with Gasteiger partial charge in [-0.25, -0.2) is 0 Å². The third-order valence-corrected chi connectivity index (χ3v) is 3.61. The largest absolute Gasteiger partial charge is 0.481 e. The Bertz CT molecular complexity index is 433. The summed E-state index contributed by atoms with van der Waals surface area (Å²) in [6.45, 7) is 2.57. The van der Waals surface area contributed by atoms with E-state index in [4.69, 9.17) is 9.84 Å². The molecule has 19 heavy (non-hydrogen) atoms. The first kappa shape index (κ1) is 13.9. The summed E-state index contributed by atoms with van der Waals surface area (Å²) in [6, 6.07) is 8.15. The molecule has 1 unspecified atom stereocenters. The van der Waals surface area contributed by atoms with Gasteiger partial charge in [0.1, 0.15) is 0 Å². The van der Waals surface area contributed by atoms with E-state index in [9.17, 15) is 4.79 Å². The fourth-order valence-corrected chi connectivity index (χ4v) is 2.73. The monoisotopic (exact) mass is 263 g/mol. The summed E-state index contributed by atoms with van der Waals surface area (Å²) < 4.78 is 5.05. The maximum absolute atomic E-state index is 10.9. The van der Waals surface area contributed by atoms with Crippen LogP contribution in [0.5, 0.6) is 0 Å². The minimum Gasteiger partial charge on any atom is -0.481 e. The Labute approximate surface area is 114 Å². The third kappa shape index (κ3) is 3.47. The van der Waals surface area contributed by atoms with Crippen LogP contribution >= 0.6 is 0 Å². The maximum atomic E-state index is 10.9. The van der Waals surface area contributed by atoms with Crippen LogP contribution in [0.15, 0.2) is 24.3 Å². The quantitative estimate of drug-likeness (QED) is 0.768. The summed E-state index contributed by atoms with van der Waals surface area (Å²) in [6.07, 6.45) is 2.33. The minimum atomic E-state index is -0.721. The van der Waals surface area contributed by atoms with E-state index in [2.05, 4.69) is 17.0 Å². The molecule has 1 aromatic carbocycles. The molecule has 1 N–H and O–H groups in total. The molecule has 1 aromatic rings. The average molecular weight is 263 g/mol. The standard InChI is InChI=1S/C15H21NO3/c1-19-9-5-4-8-16-11-12(10-15(17)18)13-6-2-3-7-14(13)16/h2-3,6-7,12H,4-5,8-11H2,1H3,(H,17,18). The zero-order valence-corrected chi connectivity index (χ0v) is 11.3. The lowest BCUT2D eigenvalue weighted by atomic mass is 9.98. The predicted molar refractivity (Wildman–Crippen MR) is 74.8 cm³/mol. The number of carbonyl (C=O) groups is 1. The van der Waals surface area contributed by atoms with Crippen molar-refractivity contribution in [1.82, 2.24) is 0 Å². The van der Waals surface area contributed by atoms with Gasteiger partial charge in [-0.3, -0.25) is 4.79 Å². The van der Waals surface area contributed by atoms with Gasteiger partial charge in [-0.2, -0.15) is 0 Å². The number of carboxylic acid groups (broad SMARTS) is 1. The van der Waals surface area contributed by atoms with E-state index in [1.54, 1.807) is 7.11 Å². The van der Waals surface area contributed by atoms with Crippen molar-refractivity contribution < 1.29 is 14.6 Å². The van der Waals surface area contributed by atoms with Crippen molar-refractivity contribution in [2.24, 2.45) is 0 Å². The molecule has 4 nitrogen and oxygen atoms in total. The van der Waals surface area contributed by atoms with Gasteiger partial charge in [0.2, 0.25) is 0 Å². The highest BCUT2D eigenvalue weighted by atomic mass is 16.5. The van der Waals surface area contributed by atoms with Crippen LogP contribution in [0.3, 0.4) is 0 Å². The molecule has 0 spiro atoms. The highest BCUT2D eigenvalue weighted by Crippen LogP contribution is 2.37. The van der Waals surface area contributed by atoms with Crippen LogP contribution in [0.25, 0.3) is 0 Å². The number of methoxy groups -OCH3 is 1. The zero-order valence-electron chi connectivity index (χ0n) is 11.3. The molecular formula is C15H21NO3. The van der Waals surface area contributed by atoms with Gasteiger partial charge in [0.05, 0.1) is 6.42 Å². The molecule has 0 aromatic heterocycles. The summed E-state index contributed by atoms with van der Waals surface area (Å²) in [5.74, 6) is -0.600. The molecule has 2 rings (SSSR count). The van der Waals surface area contributed by atoms with Gasteiger partial charge in [0.25, 0.3) is 0 Å². The molecule has 0 radical (unpaired) electrons. The highest BCUT2D eigenvalue weighted by Gasteiger charge is 2.29. The summed E-state index contributed by atoms with van der Waals surface area (Å²) in [7, 11) is 1.72. The molecule has 0 amide bonds. The minimum absolute atomic E-state index is 0.121. The maximum Gasteiger partial charge on any atom is 0.304 e. The van der Waals surface area contributed by atoms with E-state index in [1.807, 2.05) is 12.1 Å². The predicted octanol–water partition coefficient (Wildman–Crippen LogP) is 2.49. The second-order valence-corrected chi connectivity index (χ2v) is 5.00. The van der Waals surface area contributed by atoms with Gasteiger partial charge in [-0.15, -0.1) is 0 Å². The van der Waals surface area contributed by atoms with Crippen molar-refractivity contribution in [2.45, 2.75) is 25.2 Å². The van der Waals surface area contributed by atoms with Gasteiger partial charge in [-0.1, -0.05) is 18.2 Å². The number of unbranched alkanes of at least 4 members (excludes halogenated alkanes) is 1. The van der Waals surface area contributed by atoms with Crippen LogP contribution in [0, 0.1) is 0 Å². The number of aliphatic carboxylic acids is 1. The second kappa shape index (κ2) is 6.57. The van der Waals surface area contributed by atoms with E-state index >= 15 is 0 Å². The summed E-state index contributed by atoms with van der Waals surface area (Å²) in [5.41, 5.74) is 2.38. The first-order valence-corrected chi connectivity index (χ1v) is 6.77. The molecular weight excluding hydrogens is 242 g/mol. The second-order valence-electron chi connectivity index (χ2n) is 5.00. The molecule has 0 bridgehead atoms. The van der Waals surface area contributed by atoms with E-state index in [-0.39, 0.29) is 12.3 Å². The molecule has 0 saturated heterocycles. The topological polar surface area (TPSA) is 49.8 Å². The van der Waals surface area contributed by atoms with Gasteiger partial charge >= 0.3 is 5.97 Å². The molecule has 4 heteroatoms. The normalized spacial score (nSPS) is 17.5. The van der Waals surface area contributed by atoms with Crippen molar-refractivity contribution in [3.63, 3.8) is 0 Å². The number of para-hydroxylation sites is 1. The Morgan fingerprint density at radius 1 is 1.42 bits per heavy atom. The number of carboxylic acids is 1. The molecule has 1 aliphatic rings. The van der Waals surface area contributed by atoms with Crippen LogP contribution in [0.2, 0.25) is 0 Å². The first-order chi connectivity index (χ1) is 9.22. The van der Waals surface area contributed by atoms with Crippen molar-refractivity contribution in [3.8, 4) is 0 Å². The van der Waals surface area contributed by atoms with E-state index in [1.165, 1.54) is 11.3 Å². The number of hydrogen-bond donors (Lipinski definition) is 1. The lowest BCUT2D eigenvalue weighted by molar-refractivity contribution is -0.137. The number of ether oxygens (including phenoxy) is 1. The van der Waals surface area contributed by atoms with E-state index in [0.717, 1.165) is 32.5 Å². The first-order valence-electron chi connectivity index (χ1n) is 6.77. The molecule has 104 valence electrons. The summed E-state index contributed by atoms with van der Waals surface area (Å²) >= 11 is 0. The number of hydrogen-bond acceptors (Lipinski definition) is 3. The Morgan fingerprint density at radius 2 is 2.21 bits per heavy atom. The van der Waals surface area contributed by atoms with Crippen LogP contribution in [-0.4, -0.2) is 37.9 Å². The summed E-state index contributed by atoms with van der Waals surface area (Å²) in [4.78, 5) is 13.2. The Kier molecular flexibility index (Phi) is 4.80. The van der Waals surface area contributed by atoms with Crippen LogP contribution < -0.4 is 4.90 Å². The van der Waals surface area contributed by atoms with Gasteiger partial charge in [0.15, 0.2) is 0 Å². The fraction of sp³-hybridized carbons (Fsp3) is 0.533. The lowest BCUT2D eigenvalue weighted by Crippen LogP contribution is -2.24. The number of anilines is 1. The van der Waals surface area contributed by atoms with Gasteiger partial charge in [-0.05, 0) is 24.5 Å². The molecule has 1 atom stereocenters. The third-order valence-electron chi connectivity index (χ3n) is 3.61. The molecule has 0 fully saturated rings. The van der Waals surface area contributed by atoms with Crippen molar-refractivity contribution in [1.29, 1.82) is 0 Å². The Hall–Kier alpha value is -1.55. The van der Waals surface area contributed by atoms with Crippen LogP contribution in [0.1, 0.15) is 30.7 Å². The molecule has 0 aliphatic carbocycles. The number of nitrogens with zero attached hydrogens (tertiary/aromatic N) is 1. The SMILES string of the molecule is COCCCCN1CC(CC(=O)O)c2ccccc21. The zero-order chi connectivity index (χ0) is 13.7. The van der Waals surface area contributed by atoms with E-state index in [0.29, 0.717) is 0 Å². The van der Waals surface area contributed by atoms with Crippen molar-refractivity contribution in [3.05, 3.63) is 29.8 Å². The van der Waals surface area contributed by atoms with Crippen molar-refractivity contribution >= 4 is 11.7 Å². The van der Waals surface area contributed by atoms with E-state index < -0.39 is 5.97 Å². The van der Waals surface area contributed by atoms with Crippen LogP contribution in [0.4, 0.5) is 5.69 Å². The lowest BCUT2D eigenvalue weighted by Gasteiger charge is -2.19. The number of fused-ring (bicyclic) bond motifs is 1. The van der Waals surface area contributed by atoms with Gasteiger partial charge < -0.3 is 14.7 Å². The van der Waals surface area contributed by atoms with Crippen molar-refractivity contribution in [2.75, 3.05) is 31.7 Å². The highest BCUT2D eigenvalue weighted by molar-refractivity contribution is 5.71. The summed E-state index contributed by atoms with van der Waals surface area (Å²) in [5, 5.41) is 9.00. The van der Waals surface area contributed by atoms with Crippen LogP contribution in [-0.2, 0) is 9.53 Å². The number of benzene rings is 1. The average Bonchev–Trinajstić information content (AvgIpc) is 2.73. The molecule has 0 saturated carbocycles. The molecule has 1 heterocycles. The Morgan fingerprint density at radius 3 is 2.95 bits per heavy atom. The fourth-order valence-electron chi connectivity index (χ4n) is 2.73. The van der Waals surface area contributed by atoms with Gasteiger partial charge in [0, 0.05) is 38.4 Å². The molecule has 1 aliphatic heterocycles. The smallest absolute Gasteiger partial charge is 0.304 e. The number of rotatable bonds is 7. The Balaban J connectivity index is 2.00.